The average molecular weight is 230 g/mol. The molecule has 0 saturated heterocycles. The summed E-state index contributed by atoms with van der Waals surface area (Å²) in [6.45, 7) is 2.76. The molecule has 0 radical (unpaired) electrons. The minimum Gasteiger partial charge on any atom is -0.466 e. The van der Waals surface area contributed by atoms with Crippen molar-refractivity contribution < 1.29 is 9.53 Å². The molecule has 0 heterocycles. The van der Waals surface area contributed by atoms with E-state index in [1.54, 1.807) is 6.92 Å². The Kier molecular flexibility index (Phi) is 6.75. The second-order valence-electron chi connectivity index (χ2n) is 3.00. The van der Waals surface area contributed by atoms with Gasteiger partial charge in [0.1, 0.15) is 0 Å². The molecule has 1 rings (SSSR count). The summed E-state index contributed by atoms with van der Waals surface area (Å²) in [5, 5.41) is 0. The molecule has 15 heavy (non-hydrogen) atoms. The van der Waals surface area contributed by atoms with E-state index in [9.17, 15) is 4.79 Å². The van der Waals surface area contributed by atoms with Gasteiger partial charge in [0.05, 0.1) is 13.0 Å². The van der Waals surface area contributed by atoms with Gasteiger partial charge < -0.3 is 10.5 Å². The van der Waals surface area contributed by atoms with E-state index in [2.05, 4.69) is 0 Å². The molecular weight excluding hydrogens is 214 g/mol. The van der Waals surface area contributed by atoms with Gasteiger partial charge >= 0.3 is 5.97 Å². The quantitative estimate of drug-likeness (QED) is 0.800. The third-order valence-corrected chi connectivity index (χ3v) is 1.91. The molecule has 2 N–H and O–H groups in total. The van der Waals surface area contributed by atoms with Crippen molar-refractivity contribution in [3.8, 4) is 0 Å². The highest BCUT2D eigenvalue weighted by molar-refractivity contribution is 5.85. The van der Waals surface area contributed by atoms with E-state index in [0.717, 1.165) is 11.1 Å². The van der Waals surface area contributed by atoms with Crippen LogP contribution in [0.5, 0.6) is 0 Å². The van der Waals surface area contributed by atoms with Crippen LogP contribution in [0.25, 0.3) is 0 Å². The number of carbonyl (C=O) groups is 1. The zero-order valence-corrected chi connectivity index (χ0v) is 9.55. The molecule has 0 aliphatic carbocycles. The zero-order valence-electron chi connectivity index (χ0n) is 8.73. The highest BCUT2D eigenvalue weighted by Crippen LogP contribution is 2.05. The lowest BCUT2D eigenvalue weighted by Gasteiger charge is -2.02. The van der Waals surface area contributed by atoms with Crippen LogP contribution in [-0.4, -0.2) is 12.6 Å². The first-order valence-electron chi connectivity index (χ1n) is 4.69. The monoisotopic (exact) mass is 229 g/mol. The molecule has 1 aromatic carbocycles. The van der Waals surface area contributed by atoms with E-state index in [1.807, 2.05) is 24.3 Å². The van der Waals surface area contributed by atoms with Crippen LogP contribution in [0.1, 0.15) is 18.1 Å². The Morgan fingerprint density at radius 2 is 1.80 bits per heavy atom. The van der Waals surface area contributed by atoms with E-state index < -0.39 is 0 Å². The maximum absolute atomic E-state index is 11.1. The molecular formula is C11H16ClNO2. The number of nitrogens with two attached hydrogens (primary N) is 1. The Hall–Kier alpha value is -1.06. The molecule has 0 atom stereocenters. The van der Waals surface area contributed by atoms with Crippen LogP contribution in [0.15, 0.2) is 24.3 Å². The number of ether oxygens (including phenoxy) is 1. The van der Waals surface area contributed by atoms with E-state index >= 15 is 0 Å². The zero-order chi connectivity index (χ0) is 10.4. The van der Waals surface area contributed by atoms with Crippen molar-refractivity contribution in [3.63, 3.8) is 0 Å². The number of halogens is 1. The van der Waals surface area contributed by atoms with E-state index in [0.29, 0.717) is 19.6 Å². The number of carbonyl (C=O) groups excluding carboxylic acids is 1. The van der Waals surface area contributed by atoms with Gasteiger partial charge in [0, 0.05) is 6.54 Å². The summed E-state index contributed by atoms with van der Waals surface area (Å²) in [4.78, 5) is 11.1. The molecule has 4 heteroatoms. The predicted molar refractivity (Wildman–Crippen MR) is 61.9 cm³/mol. The van der Waals surface area contributed by atoms with Crippen LogP contribution in [0.2, 0.25) is 0 Å². The van der Waals surface area contributed by atoms with Gasteiger partial charge in [-0.1, -0.05) is 24.3 Å². The SMILES string of the molecule is CCOC(=O)Cc1ccc(CN)cc1.Cl. The van der Waals surface area contributed by atoms with Crippen molar-refractivity contribution in [2.24, 2.45) is 5.73 Å². The molecule has 0 amide bonds. The minimum absolute atomic E-state index is 0. The Morgan fingerprint density at radius 3 is 2.27 bits per heavy atom. The Balaban J connectivity index is 0.00000196. The summed E-state index contributed by atoms with van der Waals surface area (Å²) in [6.07, 6.45) is 0.332. The molecule has 0 aromatic heterocycles. The number of hydrogen-bond donors (Lipinski definition) is 1. The van der Waals surface area contributed by atoms with E-state index in [1.165, 1.54) is 0 Å². The normalized spacial score (nSPS) is 9.20. The lowest BCUT2D eigenvalue weighted by atomic mass is 10.1. The predicted octanol–water partition coefficient (Wildman–Crippen LogP) is 1.67. The minimum atomic E-state index is -0.187. The lowest BCUT2D eigenvalue weighted by molar-refractivity contribution is -0.142. The molecule has 0 unspecified atom stereocenters. The van der Waals surface area contributed by atoms with Gasteiger partial charge in [-0.3, -0.25) is 4.79 Å². The fourth-order valence-electron chi connectivity index (χ4n) is 1.17. The van der Waals surface area contributed by atoms with Gasteiger partial charge in [-0.25, -0.2) is 0 Å². The first kappa shape index (κ1) is 13.9. The molecule has 0 saturated carbocycles. The Labute approximate surface area is 96.0 Å². The summed E-state index contributed by atoms with van der Waals surface area (Å²) >= 11 is 0. The van der Waals surface area contributed by atoms with Crippen LogP contribution >= 0.6 is 12.4 Å². The molecule has 0 bridgehead atoms. The third-order valence-electron chi connectivity index (χ3n) is 1.91. The highest BCUT2D eigenvalue weighted by atomic mass is 35.5. The smallest absolute Gasteiger partial charge is 0.310 e. The van der Waals surface area contributed by atoms with Gasteiger partial charge in [0.25, 0.3) is 0 Å². The number of rotatable bonds is 4. The van der Waals surface area contributed by atoms with Gasteiger partial charge in [-0.05, 0) is 18.1 Å². The Morgan fingerprint density at radius 1 is 1.27 bits per heavy atom. The van der Waals surface area contributed by atoms with Gasteiger partial charge in [-0.15, -0.1) is 12.4 Å². The fourth-order valence-corrected chi connectivity index (χ4v) is 1.17. The first-order valence-corrected chi connectivity index (χ1v) is 4.69. The first-order chi connectivity index (χ1) is 6.76. The van der Waals surface area contributed by atoms with Crippen molar-refractivity contribution in [2.45, 2.75) is 19.9 Å². The van der Waals surface area contributed by atoms with Crippen molar-refractivity contribution in [2.75, 3.05) is 6.61 Å². The number of esters is 1. The van der Waals surface area contributed by atoms with Crippen LogP contribution in [0.3, 0.4) is 0 Å². The second kappa shape index (κ2) is 7.26. The molecule has 0 spiro atoms. The molecule has 0 aliphatic rings. The second-order valence-corrected chi connectivity index (χ2v) is 3.00. The maximum Gasteiger partial charge on any atom is 0.310 e. The van der Waals surface area contributed by atoms with Crippen molar-refractivity contribution in [1.29, 1.82) is 0 Å². The summed E-state index contributed by atoms with van der Waals surface area (Å²) in [6, 6.07) is 7.65. The van der Waals surface area contributed by atoms with Crippen molar-refractivity contribution in [1.82, 2.24) is 0 Å². The van der Waals surface area contributed by atoms with Crippen LogP contribution in [0.4, 0.5) is 0 Å². The standard InChI is InChI=1S/C11H15NO2.ClH/c1-2-14-11(13)7-9-3-5-10(8-12)6-4-9;/h3-6H,2,7-8,12H2,1H3;1H. The van der Waals surface area contributed by atoms with Gasteiger partial charge in [0.15, 0.2) is 0 Å². The molecule has 0 fully saturated rings. The van der Waals surface area contributed by atoms with Gasteiger partial charge in [-0.2, -0.15) is 0 Å². The molecule has 3 nitrogen and oxygen atoms in total. The molecule has 0 aliphatic heterocycles. The summed E-state index contributed by atoms with van der Waals surface area (Å²) < 4.78 is 4.84. The topological polar surface area (TPSA) is 52.3 Å². The van der Waals surface area contributed by atoms with Crippen LogP contribution in [-0.2, 0) is 22.5 Å². The van der Waals surface area contributed by atoms with Gasteiger partial charge in [0.2, 0.25) is 0 Å². The fraction of sp³-hybridized carbons (Fsp3) is 0.364. The van der Waals surface area contributed by atoms with Crippen molar-refractivity contribution in [3.05, 3.63) is 35.4 Å². The van der Waals surface area contributed by atoms with Crippen LogP contribution in [0, 0.1) is 0 Å². The summed E-state index contributed by atoms with van der Waals surface area (Å²) in [5.41, 5.74) is 7.48. The third kappa shape index (κ3) is 4.81. The molecule has 1 aromatic rings. The van der Waals surface area contributed by atoms with E-state index in [-0.39, 0.29) is 18.4 Å². The van der Waals surface area contributed by atoms with Crippen LogP contribution < -0.4 is 5.73 Å². The summed E-state index contributed by atoms with van der Waals surface area (Å²) in [7, 11) is 0. The maximum atomic E-state index is 11.1. The van der Waals surface area contributed by atoms with Crippen molar-refractivity contribution >= 4 is 18.4 Å². The Bertz CT molecular complexity index is 298. The lowest BCUT2D eigenvalue weighted by Crippen LogP contribution is -2.07. The average Bonchev–Trinajstić information content (AvgIpc) is 2.19. The summed E-state index contributed by atoms with van der Waals surface area (Å²) in [5.74, 6) is -0.187. The number of hydrogen-bond acceptors (Lipinski definition) is 3. The molecule has 84 valence electrons. The van der Waals surface area contributed by atoms with E-state index in [4.69, 9.17) is 10.5 Å². The number of benzene rings is 1. The highest BCUT2D eigenvalue weighted by Gasteiger charge is 2.02. The largest absolute Gasteiger partial charge is 0.466 e.